The SMILES string of the molecule is CCNC(c1ccc(F)c(C)c1)c1nc2c(s1)CCCC2. The van der Waals surface area contributed by atoms with Crippen molar-refractivity contribution in [3.8, 4) is 0 Å². The maximum atomic E-state index is 13.5. The van der Waals surface area contributed by atoms with Crippen molar-refractivity contribution in [1.29, 1.82) is 0 Å². The second kappa shape index (κ2) is 6.24. The zero-order valence-corrected chi connectivity index (χ0v) is 13.4. The summed E-state index contributed by atoms with van der Waals surface area (Å²) < 4.78 is 13.5. The van der Waals surface area contributed by atoms with Crippen LogP contribution >= 0.6 is 11.3 Å². The molecule has 0 spiro atoms. The van der Waals surface area contributed by atoms with Gasteiger partial charge in [0.25, 0.3) is 0 Å². The van der Waals surface area contributed by atoms with E-state index in [4.69, 9.17) is 4.98 Å². The van der Waals surface area contributed by atoms with Gasteiger partial charge in [-0.2, -0.15) is 0 Å². The van der Waals surface area contributed by atoms with Crippen LogP contribution in [0.15, 0.2) is 18.2 Å². The molecule has 1 N–H and O–H groups in total. The highest BCUT2D eigenvalue weighted by Crippen LogP contribution is 2.33. The molecule has 0 radical (unpaired) electrons. The fraction of sp³-hybridized carbons (Fsp3) is 0.471. The number of rotatable bonds is 4. The second-order valence-corrected chi connectivity index (χ2v) is 6.74. The van der Waals surface area contributed by atoms with Crippen molar-refractivity contribution in [3.05, 3.63) is 50.7 Å². The number of hydrogen-bond donors (Lipinski definition) is 1. The van der Waals surface area contributed by atoms with Gasteiger partial charge in [-0.15, -0.1) is 11.3 Å². The molecule has 1 aromatic carbocycles. The van der Waals surface area contributed by atoms with E-state index in [9.17, 15) is 4.39 Å². The molecule has 2 nitrogen and oxygen atoms in total. The number of hydrogen-bond acceptors (Lipinski definition) is 3. The van der Waals surface area contributed by atoms with Crippen LogP contribution in [0.3, 0.4) is 0 Å². The molecule has 1 aliphatic rings. The van der Waals surface area contributed by atoms with Crippen LogP contribution in [0.1, 0.15) is 52.5 Å². The first kappa shape index (κ1) is 14.7. The summed E-state index contributed by atoms with van der Waals surface area (Å²) in [6.45, 7) is 4.77. The molecule has 112 valence electrons. The summed E-state index contributed by atoms with van der Waals surface area (Å²) in [4.78, 5) is 6.30. The van der Waals surface area contributed by atoms with Gasteiger partial charge >= 0.3 is 0 Å². The summed E-state index contributed by atoms with van der Waals surface area (Å²) in [6, 6.07) is 5.44. The van der Waals surface area contributed by atoms with Gasteiger partial charge in [0.05, 0.1) is 11.7 Å². The molecule has 0 bridgehead atoms. The van der Waals surface area contributed by atoms with Gasteiger partial charge in [-0.25, -0.2) is 9.37 Å². The summed E-state index contributed by atoms with van der Waals surface area (Å²) in [6.07, 6.45) is 4.79. The van der Waals surface area contributed by atoms with Crippen molar-refractivity contribution in [1.82, 2.24) is 10.3 Å². The van der Waals surface area contributed by atoms with Gasteiger partial charge in [0.15, 0.2) is 0 Å². The Bertz CT molecular complexity index is 612. The highest BCUT2D eigenvalue weighted by atomic mass is 32.1. The summed E-state index contributed by atoms with van der Waals surface area (Å²) in [5.41, 5.74) is 3.07. The quantitative estimate of drug-likeness (QED) is 0.917. The van der Waals surface area contributed by atoms with Gasteiger partial charge in [0.1, 0.15) is 10.8 Å². The zero-order chi connectivity index (χ0) is 14.8. The summed E-state index contributed by atoms with van der Waals surface area (Å²) in [7, 11) is 0. The van der Waals surface area contributed by atoms with E-state index >= 15 is 0 Å². The smallest absolute Gasteiger partial charge is 0.126 e. The predicted molar refractivity (Wildman–Crippen MR) is 85.4 cm³/mol. The van der Waals surface area contributed by atoms with E-state index in [1.165, 1.54) is 23.4 Å². The standard InChI is InChI=1S/C17H21FN2S/c1-3-19-16(12-8-9-13(18)11(2)10-12)17-20-14-6-4-5-7-15(14)21-17/h8-10,16,19H,3-7H2,1-2H3. The first-order valence-electron chi connectivity index (χ1n) is 7.67. The summed E-state index contributed by atoms with van der Waals surface area (Å²) >= 11 is 1.82. The van der Waals surface area contributed by atoms with Gasteiger partial charge < -0.3 is 5.32 Å². The maximum Gasteiger partial charge on any atom is 0.126 e. The predicted octanol–water partition coefficient (Wildman–Crippen LogP) is 4.17. The Hall–Kier alpha value is -1.26. The van der Waals surface area contributed by atoms with Gasteiger partial charge in [0, 0.05) is 4.88 Å². The third-order valence-corrected chi connectivity index (χ3v) is 5.26. The molecule has 1 aromatic heterocycles. The molecule has 1 unspecified atom stereocenters. The van der Waals surface area contributed by atoms with Gasteiger partial charge in [-0.3, -0.25) is 0 Å². The van der Waals surface area contributed by atoms with Crippen LogP contribution in [-0.2, 0) is 12.8 Å². The second-order valence-electron chi connectivity index (χ2n) is 5.63. The van der Waals surface area contributed by atoms with Crippen molar-refractivity contribution in [2.45, 2.75) is 45.6 Å². The molecule has 0 fully saturated rings. The molecule has 0 aliphatic heterocycles. The van der Waals surface area contributed by atoms with Crippen LogP contribution in [0.2, 0.25) is 0 Å². The van der Waals surface area contributed by atoms with Crippen molar-refractivity contribution in [3.63, 3.8) is 0 Å². The molecule has 0 saturated heterocycles. The van der Waals surface area contributed by atoms with Crippen molar-refractivity contribution >= 4 is 11.3 Å². The molecule has 4 heteroatoms. The average Bonchev–Trinajstić information content (AvgIpc) is 2.91. The number of benzene rings is 1. The molecule has 1 heterocycles. The minimum absolute atomic E-state index is 0.0740. The van der Waals surface area contributed by atoms with Crippen LogP contribution in [0.5, 0.6) is 0 Å². The Morgan fingerprint density at radius 1 is 1.33 bits per heavy atom. The van der Waals surface area contributed by atoms with Crippen molar-refractivity contribution in [2.24, 2.45) is 0 Å². The number of thiazole rings is 1. The van der Waals surface area contributed by atoms with Gasteiger partial charge in [-0.05, 0) is 56.3 Å². The van der Waals surface area contributed by atoms with Crippen LogP contribution in [0.25, 0.3) is 0 Å². The fourth-order valence-corrected chi connectivity index (χ4v) is 4.15. The highest BCUT2D eigenvalue weighted by Gasteiger charge is 2.22. The van der Waals surface area contributed by atoms with Crippen LogP contribution < -0.4 is 5.32 Å². The number of nitrogens with zero attached hydrogens (tertiary/aromatic N) is 1. The molecule has 1 aliphatic carbocycles. The first-order chi connectivity index (χ1) is 10.2. The van der Waals surface area contributed by atoms with Crippen molar-refractivity contribution < 1.29 is 4.39 Å². The lowest BCUT2D eigenvalue weighted by Crippen LogP contribution is -2.22. The number of nitrogens with one attached hydrogen (secondary N) is 1. The minimum Gasteiger partial charge on any atom is -0.305 e. The largest absolute Gasteiger partial charge is 0.305 e. The Morgan fingerprint density at radius 2 is 2.14 bits per heavy atom. The molecule has 21 heavy (non-hydrogen) atoms. The average molecular weight is 304 g/mol. The molecule has 3 rings (SSSR count). The van der Waals surface area contributed by atoms with Crippen LogP contribution in [-0.4, -0.2) is 11.5 Å². The third-order valence-electron chi connectivity index (χ3n) is 4.03. The maximum absolute atomic E-state index is 13.5. The molecule has 2 aromatic rings. The normalized spacial score (nSPS) is 15.8. The number of aromatic nitrogens is 1. The zero-order valence-electron chi connectivity index (χ0n) is 12.6. The van der Waals surface area contributed by atoms with E-state index in [0.717, 1.165) is 30.0 Å². The van der Waals surface area contributed by atoms with Crippen molar-refractivity contribution in [2.75, 3.05) is 6.54 Å². The van der Waals surface area contributed by atoms with E-state index < -0.39 is 0 Å². The lowest BCUT2D eigenvalue weighted by atomic mass is 10.0. The van der Waals surface area contributed by atoms with E-state index in [2.05, 4.69) is 12.2 Å². The fourth-order valence-electron chi connectivity index (χ4n) is 2.89. The van der Waals surface area contributed by atoms with E-state index in [1.807, 2.05) is 30.4 Å². The minimum atomic E-state index is -0.146. The molecular formula is C17H21FN2S. The Labute approximate surface area is 129 Å². The first-order valence-corrected chi connectivity index (χ1v) is 8.48. The lowest BCUT2D eigenvalue weighted by Gasteiger charge is -2.16. The van der Waals surface area contributed by atoms with Crippen LogP contribution in [0, 0.1) is 12.7 Å². The number of fused-ring (bicyclic) bond motifs is 1. The monoisotopic (exact) mass is 304 g/mol. The van der Waals surface area contributed by atoms with E-state index in [1.54, 1.807) is 6.07 Å². The third kappa shape index (κ3) is 3.01. The number of aryl methyl sites for hydroxylation is 3. The van der Waals surface area contributed by atoms with Gasteiger partial charge in [0.2, 0.25) is 0 Å². The molecule has 1 atom stereocenters. The summed E-state index contributed by atoms with van der Waals surface area (Å²) in [5.74, 6) is -0.146. The molecular weight excluding hydrogens is 283 g/mol. The van der Waals surface area contributed by atoms with Gasteiger partial charge in [-0.1, -0.05) is 19.1 Å². The molecule has 0 saturated carbocycles. The lowest BCUT2D eigenvalue weighted by molar-refractivity contribution is 0.603. The summed E-state index contributed by atoms with van der Waals surface area (Å²) in [5, 5.41) is 4.62. The Morgan fingerprint density at radius 3 is 2.86 bits per heavy atom. The highest BCUT2D eigenvalue weighted by molar-refractivity contribution is 7.11. The Balaban J connectivity index is 1.96. The van der Waals surface area contributed by atoms with E-state index in [-0.39, 0.29) is 11.9 Å². The molecule has 0 amide bonds. The Kier molecular flexibility index (Phi) is 4.36. The van der Waals surface area contributed by atoms with Crippen LogP contribution in [0.4, 0.5) is 4.39 Å². The number of halogens is 1. The van der Waals surface area contributed by atoms with E-state index in [0.29, 0.717) is 5.56 Å². The topological polar surface area (TPSA) is 24.9 Å².